The molecule has 0 aliphatic rings. The lowest BCUT2D eigenvalue weighted by molar-refractivity contribution is 0.0954. The van der Waals surface area contributed by atoms with E-state index < -0.39 is 0 Å². The van der Waals surface area contributed by atoms with E-state index in [1.165, 1.54) is 6.21 Å². The number of hydrazone groups is 1. The molecule has 0 aliphatic carbocycles. The van der Waals surface area contributed by atoms with Gasteiger partial charge < -0.3 is 14.2 Å². The third-order valence-corrected chi connectivity index (χ3v) is 6.76. The van der Waals surface area contributed by atoms with Gasteiger partial charge >= 0.3 is 0 Å². The second-order valence-electron chi connectivity index (χ2n) is 6.61. The van der Waals surface area contributed by atoms with Crippen LogP contribution in [0, 0.1) is 3.57 Å². The number of nitrogens with one attached hydrogen (secondary N) is 1. The summed E-state index contributed by atoms with van der Waals surface area (Å²) in [5.41, 5.74) is 4.50. The van der Waals surface area contributed by atoms with Gasteiger partial charge in [-0.2, -0.15) is 5.10 Å². The average Bonchev–Trinajstić information content (AvgIpc) is 2.81. The number of amides is 1. The Kier molecular flexibility index (Phi) is 9.25. The molecule has 0 atom stereocenters. The molecule has 172 valence electrons. The van der Waals surface area contributed by atoms with Gasteiger partial charge in [0.1, 0.15) is 12.4 Å². The summed E-state index contributed by atoms with van der Waals surface area (Å²) in [4.78, 5) is 12.4. The van der Waals surface area contributed by atoms with Crippen molar-refractivity contribution >= 4 is 73.8 Å². The zero-order valence-electron chi connectivity index (χ0n) is 17.5. The Morgan fingerprint density at radius 2 is 1.79 bits per heavy atom. The first kappa shape index (κ1) is 25.6. The molecular weight excluding hydrogens is 646 g/mol. The van der Waals surface area contributed by atoms with Gasteiger partial charge in [-0.25, -0.2) is 5.43 Å². The van der Waals surface area contributed by atoms with Crippen LogP contribution in [0.25, 0.3) is 0 Å². The van der Waals surface area contributed by atoms with E-state index in [2.05, 4.69) is 49.0 Å². The van der Waals surface area contributed by atoms with Crippen molar-refractivity contribution in [3.63, 3.8) is 0 Å². The molecular formula is C23H18BrCl2IN2O4. The number of hydrogen-bond donors (Lipinski definition) is 1. The van der Waals surface area contributed by atoms with Crippen LogP contribution in [0.4, 0.5) is 0 Å². The van der Waals surface area contributed by atoms with E-state index in [1.807, 2.05) is 6.07 Å². The number of nitrogens with zero attached hydrogens (tertiary/aromatic N) is 1. The molecule has 1 amide bonds. The fourth-order valence-corrected chi connectivity index (χ4v) is 4.04. The maximum absolute atomic E-state index is 12.4. The van der Waals surface area contributed by atoms with E-state index in [4.69, 9.17) is 37.4 Å². The quantitative estimate of drug-likeness (QED) is 0.165. The van der Waals surface area contributed by atoms with Gasteiger partial charge in [-0.3, -0.25) is 4.79 Å². The topological polar surface area (TPSA) is 69.2 Å². The normalized spacial score (nSPS) is 10.8. The van der Waals surface area contributed by atoms with Gasteiger partial charge in [-0.1, -0.05) is 29.3 Å². The average molecular weight is 664 g/mol. The number of halogens is 4. The minimum absolute atomic E-state index is 0.280. The van der Waals surface area contributed by atoms with E-state index in [0.29, 0.717) is 42.9 Å². The van der Waals surface area contributed by atoms with Gasteiger partial charge in [0, 0.05) is 15.6 Å². The van der Waals surface area contributed by atoms with E-state index in [-0.39, 0.29) is 12.5 Å². The van der Waals surface area contributed by atoms with Crippen LogP contribution in [0.1, 0.15) is 21.5 Å². The van der Waals surface area contributed by atoms with Crippen molar-refractivity contribution in [1.29, 1.82) is 0 Å². The molecule has 0 aliphatic heterocycles. The highest BCUT2D eigenvalue weighted by atomic mass is 127. The number of rotatable bonds is 8. The van der Waals surface area contributed by atoms with Crippen molar-refractivity contribution in [2.24, 2.45) is 5.10 Å². The third-order valence-electron chi connectivity index (χ3n) is 4.44. The Morgan fingerprint density at radius 1 is 1.03 bits per heavy atom. The molecule has 0 saturated carbocycles. The fourth-order valence-electron chi connectivity index (χ4n) is 2.74. The SMILES string of the molecule is COc1cc(C(=O)N/N=C\c2cc(OC)c(OCc3ccc(Cl)c(Cl)c3)cc2Br)ccc1I. The number of hydrogen-bond acceptors (Lipinski definition) is 5. The minimum Gasteiger partial charge on any atom is -0.496 e. The van der Waals surface area contributed by atoms with Crippen molar-refractivity contribution in [3.8, 4) is 17.2 Å². The number of methoxy groups -OCH3 is 2. The zero-order valence-corrected chi connectivity index (χ0v) is 22.8. The molecule has 0 fully saturated rings. The fraction of sp³-hybridized carbons (Fsp3) is 0.130. The van der Waals surface area contributed by atoms with Crippen LogP contribution in [0.5, 0.6) is 17.2 Å². The van der Waals surface area contributed by atoms with Gasteiger partial charge in [-0.15, -0.1) is 0 Å². The van der Waals surface area contributed by atoms with Crippen LogP contribution >= 0.6 is 61.7 Å². The molecule has 3 aromatic carbocycles. The molecule has 0 aromatic heterocycles. The Bertz CT molecular complexity index is 1210. The van der Waals surface area contributed by atoms with Gasteiger partial charge in [0.25, 0.3) is 5.91 Å². The predicted octanol–water partition coefficient (Wildman–Crippen LogP) is 6.72. The first-order valence-electron chi connectivity index (χ1n) is 9.43. The smallest absolute Gasteiger partial charge is 0.271 e. The van der Waals surface area contributed by atoms with Crippen LogP contribution in [0.2, 0.25) is 10.0 Å². The van der Waals surface area contributed by atoms with Crippen molar-refractivity contribution in [3.05, 3.63) is 83.3 Å². The summed E-state index contributed by atoms with van der Waals surface area (Å²) < 4.78 is 18.2. The molecule has 3 rings (SSSR count). The summed E-state index contributed by atoms with van der Waals surface area (Å²) in [7, 11) is 3.10. The highest BCUT2D eigenvalue weighted by Gasteiger charge is 2.12. The van der Waals surface area contributed by atoms with Gasteiger partial charge in [-0.05, 0) is 86.5 Å². The van der Waals surface area contributed by atoms with Crippen LogP contribution in [0.15, 0.2) is 58.1 Å². The summed E-state index contributed by atoms with van der Waals surface area (Å²) in [5, 5.41) is 5.00. The maximum Gasteiger partial charge on any atom is 0.271 e. The molecule has 3 aromatic rings. The lowest BCUT2D eigenvalue weighted by Crippen LogP contribution is -2.17. The van der Waals surface area contributed by atoms with Crippen molar-refractivity contribution in [2.75, 3.05) is 14.2 Å². The lowest BCUT2D eigenvalue weighted by atomic mass is 10.2. The number of benzene rings is 3. The molecule has 0 heterocycles. The number of carbonyl (C=O) groups is 1. The monoisotopic (exact) mass is 662 g/mol. The van der Waals surface area contributed by atoms with Crippen molar-refractivity contribution < 1.29 is 19.0 Å². The molecule has 10 heteroatoms. The Morgan fingerprint density at radius 3 is 2.48 bits per heavy atom. The molecule has 33 heavy (non-hydrogen) atoms. The Balaban J connectivity index is 1.70. The third kappa shape index (κ3) is 6.75. The molecule has 0 radical (unpaired) electrons. The second-order valence-corrected chi connectivity index (χ2v) is 9.44. The summed E-state index contributed by atoms with van der Waals surface area (Å²) in [6, 6.07) is 14.0. The predicted molar refractivity (Wildman–Crippen MR) is 142 cm³/mol. The molecule has 6 nitrogen and oxygen atoms in total. The van der Waals surface area contributed by atoms with Crippen LogP contribution in [0.3, 0.4) is 0 Å². The summed E-state index contributed by atoms with van der Waals surface area (Å²) in [6.45, 7) is 0.280. The second kappa shape index (κ2) is 11.9. The van der Waals surface area contributed by atoms with Crippen molar-refractivity contribution in [1.82, 2.24) is 5.43 Å². The molecule has 0 saturated heterocycles. The summed E-state index contributed by atoms with van der Waals surface area (Å²) >= 11 is 17.7. The zero-order chi connectivity index (χ0) is 24.0. The van der Waals surface area contributed by atoms with Gasteiger partial charge in [0.05, 0.1) is 34.0 Å². The minimum atomic E-state index is -0.356. The standard InChI is InChI=1S/C23H18BrCl2IN2O4/c1-31-20-8-14(4-6-19(20)27)23(30)29-28-11-15-9-21(32-2)22(10-16(15)24)33-12-13-3-5-17(25)18(26)7-13/h3-11H,12H2,1-2H3,(H,29,30)/b28-11-. The lowest BCUT2D eigenvalue weighted by Gasteiger charge is -2.13. The van der Waals surface area contributed by atoms with Crippen LogP contribution in [-0.4, -0.2) is 26.3 Å². The Hall–Kier alpha value is -2.01. The summed E-state index contributed by atoms with van der Waals surface area (Å²) in [5.74, 6) is 1.30. The van der Waals surface area contributed by atoms with Crippen LogP contribution < -0.4 is 19.6 Å². The molecule has 1 N–H and O–H groups in total. The van der Waals surface area contributed by atoms with Crippen LogP contribution in [-0.2, 0) is 6.61 Å². The van der Waals surface area contributed by atoms with E-state index in [9.17, 15) is 4.79 Å². The highest BCUT2D eigenvalue weighted by molar-refractivity contribution is 14.1. The van der Waals surface area contributed by atoms with Crippen molar-refractivity contribution in [2.45, 2.75) is 6.61 Å². The summed E-state index contributed by atoms with van der Waals surface area (Å²) in [6.07, 6.45) is 1.51. The van der Waals surface area contributed by atoms with E-state index >= 15 is 0 Å². The molecule has 0 bridgehead atoms. The van der Waals surface area contributed by atoms with E-state index in [1.54, 1.807) is 56.7 Å². The number of ether oxygens (including phenoxy) is 3. The van der Waals surface area contributed by atoms with Gasteiger partial charge in [0.15, 0.2) is 11.5 Å². The Labute approximate surface area is 223 Å². The van der Waals surface area contributed by atoms with E-state index in [0.717, 1.165) is 9.13 Å². The first-order chi connectivity index (χ1) is 15.8. The van der Waals surface area contributed by atoms with Gasteiger partial charge in [0.2, 0.25) is 0 Å². The molecule has 0 unspecified atom stereocenters. The highest BCUT2D eigenvalue weighted by Crippen LogP contribution is 2.34. The first-order valence-corrected chi connectivity index (χ1v) is 12.1. The maximum atomic E-state index is 12.4. The molecule has 0 spiro atoms. The largest absolute Gasteiger partial charge is 0.496 e. The number of carbonyl (C=O) groups excluding carboxylic acids is 1.